The summed E-state index contributed by atoms with van der Waals surface area (Å²) in [5.41, 5.74) is 5.41. The zero-order chi connectivity index (χ0) is 18.4. The van der Waals surface area contributed by atoms with E-state index in [4.69, 9.17) is 0 Å². The maximum atomic E-state index is 13.6. The number of halogens is 1. The van der Waals surface area contributed by atoms with Crippen LogP contribution in [0.25, 0.3) is 5.52 Å². The number of hydrogen-bond acceptors (Lipinski definition) is 1. The number of benzene rings is 1. The molecule has 2 saturated carbocycles. The summed E-state index contributed by atoms with van der Waals surface area (Å²) in [4.78, 5) is 4.40. The number of aromatic nitrogens is 2. The van der Waals surface area contributed by atoms with Gasteiger partial charge in [-0.2, -0.15) is 0 Å². The van der Waals surface area contributed by atoms with Crippen LogP contribution in [0.5, 0.6) is 0 Å². The van der Waals surface area contributed by atoms with E-state index in [9.17, 15) is 4.39 Å². The van der Waals surface area contributed by atoms with E-state index in [0.717, 1.165) is 18.8 Å². The molecule has 0 aliphatic heterocycles. The molecule has 2 aromatic heterocycles. The van der Waals surface area contributed by atoms with Gasteiger partial charge in [0.25, 0.3) is 0 Å². The second-order valence-electron chi connectivity index (χ2n) is 8.59. The van der Waals surface area contributed by atoms with E-state index in [1.54, 1.807) is 17.7 Å². The van der Waals surface area contributed by atoms with E-state index >= 15 is 0 Å². The number of hydrogen-bond donors (Lipinski definition) is 0. The van der Waals surface area contributed by atoms with Gasteiger partial charge in [-0.3, -0.25) is 0 Å². The van der Waals surface area contributed by atoms with Crippen molar-refractivity contribution in [3.05, 3.63) is 71.6 Å². The summed E-state index contributed by atoms with van der Waals surface area (Å²) < 4.78 is 15.9. The van der Waals surface area contributed by atoms with Crippen molar-refractivity contribution in [2.75, 3.05) is 0 Å². The highest BCUT2D eigenvalue weighted by Gasteiger charge is 2.33. The molecule has 0 spiro atoms. The third-order valence-electron chi connectivity index (χ3n) is 6.90. The maximum absolute atomic E-state index is 13.6. The monoisotopic (exact) mass is 362 g/mol. The molecule has 0 radical (unpaired) electrons. The minimum absolute atomic E-state index is 0.108. The third kappa shape index (κ3) is 3.18. The van der Waals surface area contributed by atoms with Crippen molar-refractivity contribution in [2.45, 2.75) is 63.2 Å². The lowest BCUT2D eigenvalue weighted by Gasteiger charge is -2.34. The fraction of sp³-hybridized carbons (Fsp3) is 0.458. The molecule has 2 nitrogen and oxygen atoms in total. The van der Waals surface area contributed by atoms with Gasteiger partial charge in [0, 0.05) is 5.69 Å². The molecule has 2 fully saturated rings. The lowest BCUT2D eigenvalue weighted by atomic mass is 9.72. The molecule has 3 aromatic rings. The van der Waals surface area contributed by atoms with Crippen molar-refractivity contribution in [1.82, 2.24) is 9.38 Å². The van der Waals surface area contributed by atoms with Gasteiger partial charge in [-0.05, 0) is 91.5 Å². The Morgan fingerprint density at radius 1 is 1.00 bits per heavy atom. The summed E-state index contributed by atoms with van der Waals surface area (Å²) in [6.45, 7) is 2.41. The molecule has 3 heteroatoms. The van der Waals surface area contributed by atoms with Gasteiger partial charge in [0.1, 0.15) is 5.82 Å². The molecule has 1 atom stereocenters. The number of rotatable bonds is 4. The van der Waals surface area contributed by atoms with Gasteiger partial charge in [0.2, 0.25) is 0 Å². The Labute approximate surface area is 160 Å². The zero-order valence-electron chi connectivity index (χ0n) is 15.9. The third-order valence-corrected chi connectivity index (χ3v) is 6.90. The smallest absolute Gasteiger partial charge is 0.123 e. The SMILES string of the molecule is C[C@H](c1c(C2CC2)ccc2cncn12)C1CCC(c2cccc(F)c2)CC1. The highest BCUT2D eigenvalue weighted by atomic mass is 19.1. The highest BCUT2D eigenvalue weighted by molar-refractivity contribution is 5.50. The number of fused-ring (bicyclic) bond motifs is 1. The molecule has 2 heterocycles. The van der Waals surface area contributed by atoms with Gasteiger partial charge >= 0.3 is 0 Å². The first-order valence-electron chi connectivity index (χ1n) is 10.4. The van der Waals surface area contributed by atoms with Crippen LogP contribution < -0.4 is 0 Å². The van der Waals surface area contributed by atoms with Gasteiger partial charge in [0.15, 0.2) is 0 Å². The lowest BCUT2D eigenvalue weighted by Crippen LogP contribution is -2.21. The van der Waals surface area contributed by atoms with E-state index in [2.05, 4.69) is 34.5 Å². The first-order chi connectivity index (χ1) is 13.2. The Kier molecular flexibility index (Phi) is 4.26. The van der Waals surface area contributed by atoms with Crippen molar-refractivity contribution in [2.24, 2.45) is 5.92 Å². The summed E-state index contributed by atoms with van der Waals surface area (Å²) in [5, 5.41) is 0. The van der Waals surface area contributed by atoms with Crippen LogP contribution in [-0.2, 0) is 0 Å². The Bertz CT molecular complexity index is 948. The van der Waals surface area contributed by atoms with Gasteiger partial charge in [-0.1, -0.05) is 25.1 Å². The first kappa shape index (κ1) is 17.0. The summed E-state index contributed by atoms with van der Waals surface area (Å²) >= 11 is 0. The normalized spacial score (nSPS) is 24.2. The standard InChI is InChI=1S/C24H27FN2/c1-16(17-5-7-18(8-6-17)20-3-2-4-21(25)13-20)24-23(19-9-10-19)12-11-22-14-26-15-27(22)24/h2-4,11-19H,5-10H2,1H3/t16-,17?,18?/m0/s1. The van der Waals surface area contributed by atoms with Gasteiger partial charge in [-0.15, -0.1) is 0 Å². The fourth-order valence-corrected chi connectivity index (χ4v) is 5.19. The fourth-order valence-electron chi connectivity index (χ4n) is 5.19. The van der Waals surface area contributed by atoms with E-state index in [0.29, 0.717) is 17.8 Å². The molecule has 0 bridgehead atoms. The van der Waals surface area contributed by atoms with Crippen LogP contribution in [0.3, 0.4) is 0 Å². The molecule has 2 aliphatic carbocycles. The van der Waals surface area contributed by atoms with Crippen molar-refractivity contribution < 1.29 is 4.39 Å². The number of nitrogens with zero attached hydrogens (tertiary/aromatic N) is 2. The molecule has 0 amide bonds. The summed E-state index contributed by atoms with van der Waals surface area (Å²) in [6, 6.07) is 11.8. The van der Waals surface area contributed by atoms with Crippen molar-refractivity contribution in [1.29, 1.82) is 0 Å². The average Bonchev–Trinajstić information content (AvgIpc) is 3.43. The summed E-state index contributed by atoms with van der Waals surface area (Å²) in [5.74, 6) is 2.38. The van der Waals surface area contributed by atoms with E-state index in [-0.39, 0.29) is 5.82 Å². The molecule has 27 heavy (non-hydrogen) atoms. The molecule has 5 rings (SSSR count). The van der Waals surface area contributed by atoms with Gasteiger partial charge in [-0.25, -0.2) is 9.37 Å². The molecule has 140 valence electrons. The summed E-state index contributed by atoms with van der Waals surface area (Å²) in [6.07, 6.45) is 11.4. The second kappa shape index (κ2) is 6.78. The highest BCUT2D eigenvalue weighted by Crippen LogP contribution is 2.47. The van der Waals surface area contributed by atoms with Crippen molar-refractivity contribution in [3.8, 4) is 0 Å². The Hall–Kier alpha value is -2.16. The Morgan fingerprint density at radius 3 is 2.52 bits per heavy atom. The van der Waals surface area contributed by atoms with Crippen molar-refractivity contribution in [3.63, 3.8) is 0 Å². The topological polar surface area (TPSA) is 17.3 Å². The van der Waals surface area contributed by atoms with E-state index in [1.165, 1.54) is 42.5 Å². The molecular formula is C24H27FN2. The number of pyridine rings is 1. The maximum Gasteiger partial charge on any atom is 0.123 e. The minimum atomic E-state index is -0.108. The van der Waals surface area contributed by atoms with Crippen LogP contribution in [0.1, 0.15) is 80.0 Å². The molecule has 2 aliphatic rings. The van der Waals surface area contributed by atoms with Crippen molar-refractivity contribution >= 4 is 5.52 Å². The van der Waals surface area contributed by atoms with Gasteiger partial charge in [0.05, 0.1) is 18.0 Å². The molecule has 0 saturated heterocycles. The second-order valence-corrected chi connectivity index (χ2v) is 8.59. The predicted molar refractivity (Wildman–Crippen MR) is 107 cm³/mol. The molecular weight excluding hydrogens is 335 g/mol. The van der Waals surface area contributed by atoms with E-state index in [1.807, 2.05) is 18.6 Å². The van der Waals surface area contributed by atoms with Crippen LogP contribution in [0, 0.1) is 11.7 Å². The largest absolute Gasteiger partial charge is 0.303 e. The molecule has 0 N–H and O–H groups in total. The van der Waals surface area contributed by atoms with Gasteiger partial charge < -0.3 is 4.40 Å². The minimum Gasteiger partial charge on any atom is -0.303 e. The molecule has 0 unspecified atom stereocenters. The van der Waals surface area contributed by atoms with Crippen LogP contribution in [-0.4, -0.2) is 9.38 Å². The summed E-state index contributed by atoms with van der Waals surface area (Å²) in [7, 11) is 0. The predicted octanol–water partition coefficient (Wildman–Crippen LogP) is 6.43. The Morgan fingerprint density at radius 2 is 1.78 bits per heavy atom. The van der Waals surface area contributed by atoms with Crippen LogP contribution in [0.15, 0.2) is 48.9 Å². The van der Waals surface area contributed by atoms with Crippen LogP contribution in [0.4, 0.5) is 4.39 Å². The van der Waals surface area contributed by atoms with Crippen LogP contribution >= 0.6 is 0 Å². The number of imidazole rings is 1. The quantitative estimate of drug-likeness (QED) is 0.523. The lowest BCUT2D eigenvalue weighted by molar-refractivity contribution is 0.286. The molecule has 1 aromatic carbocycles. The Balaban J connectivity index is 1.38. The average molecular weight is 362 g/mol. The zero-order valence-corrected chi connectivity index (χ0v) is 15.9. The van der Waals surface area contributed by atoms with Crippen LogP contribution in [0.2, 0.25) is 0 Å². The van der Waals surface area contributed by atoms with E-state index < -0.39 is 0 Å². The first-order valence-corrected chi connectivity index (χ1v) is 10.4.